The largest absolute Gasteiger partial charge is 0.354 e. The van der Waals surface area contributed by atoms with Crippen LogP contribution in [0, 0.1) is 5.41 Å². The third-order valence-corrected chi connectivity index (χ3v) is 3.32. The van der Waals surface area contributed by atoms with E-state index in [4.69, 9.17) is 0 Å². The van der Waals surface area contributed by atoms with Crippen molar-refractivity contribution in [1.29, 1.82) is 0 Å². The topological polar surface area (TPSA) is 52.7 Å². The number of amides is 2. The molecule has 5 nitrogen and oxygen atoms in total. The zero-order valence-corrected chi connectivity index (χ0v) is 12.7. The van der Waals surface area contributed by atoms with Gasteiger partial charge < -0.3 is 10.2 Å². The summed E-state index contributed by atoms with van der Waals surface area (Å²) in [6.45, 7) is 9.18. The van der Waals surface area contributed by atoms with Gasteiger partial charge in [-0.2, -0.15) is 0 Å². The summed E-state index contributed by atoms with van der Waals surface area (Å²) < 4.78 is 0. The molecule has 0 aromatic heterocycles. The smallest absolute Gasteiger partial charge is 0.236 e. The van der Waals surface area contributed by atoms with Crippen LogP contribution in [0.4, 0.5) is 0 Å². The van der Waals surface area contributed by atoms with Gasteiger partial charge in [0, 0.05) is 31.6 Å². The first-order valence-corrected chi connectivity index (χ1v) is 7.05. The fourth-order valence-electron chi connectivity index (χ4n) is 2.00. The zero-order chi connectivity index (χ0) is 14.5. The predicted molar refractivity (Wildman–Crippen MR) is 75.8 cm³/mol. The minimum Gasteiger partial charge on any atom is -0.354 e. The van der Waals surface area contributed by atoms with Crippen LogP contribution in [0.5, 0.6) is 0 Å². The molecule has 0 spiro atoms. The maximum Gasteiger partial charge on any atom is 0.236 e. The number of likely N-dealkylation sites (N-methyl/N-ethyl adjacent to an activating group) is 1. The standard InChI is InChI=1S/C14H27N3O2/c1-14(2,3)13(19)15-7-10-16(4)11-12(18)17-8-5-6-9-17/h5-11H2,1-4H3,(H,15,19). The maximum atomic E-state index is 11.9. The monoisotopic (exact) mass is 269 g/mol. The molecule has 1 rings (SSSR count). The van der Waals surface area contributed by atoms with Crippen LogP contribution < -0.4 is 5.32 Å². The lowest BCUT2D eigenvalue weighted by molar-refractivity contribution is -0.131. The van der Waals surface area contributed by atoms with E-state index in [2.05, 4.69) is 5.32 Å². The van der Waals surface area contributed by atoms with Crippen molar-refractivity contribution in [1.82, 2.24) is 15.1 Å². The van der Waals surface area contributed by atoms with Gasteiger partial charge in [-0.25, -0.2) is 0 Å². The highest BCUT2D eigenvalue weighted by Crippen LogP contribution is 2.12. The minimum atomic E-state index is -0.357. The van der Waals surface area contributed by atoms with Crippen molar-refractivity contribution in [2.24, 2.45) is 5.41 Å². The molecule has 0 saturated carbocycles. The van der Waals surface area contributed by atoms with E-state index in [-0.39, 0.29) is 17.2 Å². The van der Waals surface area contributed by atoms with Gasteiger partial charge in [0.25, 0.3) is 0 Å². The maximum absolute atomic E-state index is 11.9. The molecule has 0 atom stereocenters. The van der Waals surface area contributed by atoms with Crippen LogP contribution in [-0.2, 0) is 9.59 Å². The van der Waals surface area contributed by atoms with E-state index in [1.807, 2.05) is 37.6 Å². The lowest BCUT2D eigenvalue weighted by Crippen LogP contribution is -2.42. The van der Waals surface area contributed by atoms with Gasteiger partial charge in [-0.1, -0.05) is 20.8 Å². The highest BCUT2D eigenvalue weighted by Gasteiger charge is 2.21. The number of nitrogens with zero attached hydrogens (tertiary/aromatic N) is 2. The zero-order valence-electron chi connectivity index (χ0n) is 12.7. The summed E-state index contributed by atoms with van der Waals surface area (Å²) in [7, 11) is 1.91. The Bertz CT molecular complexity index is 317. The molecule has 0 bridgehead atoms. The van der Waals surface area contributed by atoms with Crippen LogP contribution in [0.15, 0.2) is 0 Å². The summed E-state index contributed by atoms with van der Waals surface area (Å²) in [5.41, 5.74) is -0.357. The number of carbonyl (C=O) groups is 2. The normalized spacial score (nSPS) is 15.9. The molecule has 0 radical (unpaired) electrons. The Morgan fingerprint density at radius 2 is 1.79 bits per heavy atom. The molecule has 0 aromatic carbocycles. The molecule has 1 fully saturated rings. The van der Waals surface area contributed by atoms with Crippen LogP contribution in [0.1, 0.15) is 33.6 Å². The van der Waals surface area contributed by atoms with Crippen LogP contribution in [0.25, 0.3) is 0 Å². The number of hydrogen-bond donors (Lipinski definition) is 1. The second-order valence-corrected chi connectivity index (χ2v) is 6.33. The number of nitrogens with one attached hydrogen (secondary N) is 1. The van der Waals surface area contributed by atoms with E-state index >= 15 is 0 Å². The predicted octanol–water partition coefficient (Wildman–Crippen LogP) is 0.703. The summed E-state index contributed by atoms with van der Waals surface area (Å²) in [5, 5.41) is 2.89. The summed E-state index contributed by atoms with van der Waals surface area (Å²) in [6, 6.07) is 0. The fraction of sp³-hybridized carbons (Fsp3) is 0.857. The number of carbonyl (C=O) groups excluding carboxylic acids is 2. The number of likely N-dealkylation sites (tertiary alicyclic amines) is 1. The molecule has 1 saturated heterocycles. The van der Waals surface area contributed by atoms with E-state index < -0.39 is 0 Å². The molecule has 1 heterocycles. The van der Waals surface area contributed by atoms with Crippen LogP contribution >= 0.6 is 0 Å². The van der Waals surface area contributed by atoms with Crippen LogP contribution in [-0.4, -0.2) is 61.4 Å². The molecule has 2 amide bonds. The lowest BCUT2D eigenvalue weighted by Gasteiger charge is -2.22. The molecule has 110 valence electrons. The Labute approximate surface area is 116 Å². The molecule has 1 aliphatic rings. The molecule has 0 unspecified atom stereocenters. The summed E-state index contributed by atoms with van der Waals surface area (Å²) in [5.74, 6) is 0.244. The van der Waals surface area contributed by atoms with Gasteiger partial charge in [-0.15, -0.1) is 0 Å². The Morgan fingerprint density at radius 3 is 2.32 bits per heavy atom. The molecule has 0 aromatic rings. The Hall–Kier alpha value is -1.10. The third-order valence-electron chi connectivity index (χ3n) is 3.32. The number of rotatable bonds is 5. The van der Waals surface area contributed by atoms with Crippen molar-refractivity contribution >= 4 is 11.8 Å². The van der Waals surface area contributed by atoms with Crippen molar-refractivity contribution in [3.8, 4) is 0 Å². The van der Waals surface area contributed by atoms with E-state index in [1.165, 1.54) is 0 Å². The molecule has 1 aliphatic heterocycles. The van der Waals surface area contributed by atoms with E-state index in [1.54, 1.807) is 0 Å². The number of hydrogen-bond acceptors (Lipinski definition) is 3. The average molecular weight is 269 g/mol. The fourth-order valence-corrected chi connectivity index (χ4v) is 2.00. The lowest BCUT2D eigenvalue weighted by atomic mass is 9.96. The van der Waals surface area contributed by atoms with E-state index in [0.29, 0.717) is 19.6 Å². The van der Waals surface area contributed by atoms with Gasteiger partial charge >= 0.3 is 0 Å². The summed E-state index contributed by atoms with van der Waals surface area (Å²) in [4.78, 5) is 27.5. The second kappa shape index (κ2) is 6.89. The van der Waals surface area contributed by atoms with E-state index in [0.717, 1.165) is 25.9 Å². The molecule has 5 heteroatoms. The average Bonchev–Trinajstić information content (AvgIpc) is 2.80. The van der Waals surface area contributed by atoms with Crippen molar-refractivity contribution in [3.63, 3.8) is 0 Å². The second-order valence-electron chi connectivity index (χ2n) is 6.33. The Balaban J connectivity index is 2.19. The van der Waals surface area contributed by atoms with Crippen molar-refractivity contribution in [3.05, 3.63) is 0 Å². The highest BCUT2D eigenvalue weighted by molar-refractivity contribution is 5.81. The molecular formula is C14H27N3O2. The van der Waals surface area contributed by atoms with Crippen molar-refractivity contribution < 1.29 is 9.59 Å². The molecule has 1 N–H and O–H groups in total. The minimum absolute atomic E-state index is 0.0479. The Kier molecular flexibility index (Phi) is 5.79. The van der Waals surface area contributed by atoms with Gasteiger partial charge in [0.1, 0.15) is 0 Å². The van der Waals surface area contributed by atoms with Crippen molar-refractivity contribution in [2.75, 3.05) is 39.8 Å². The van der Waals surface area contributed by atoms with Crippen LogP contribution in [0.2, 0.25) is 0 Å². The highest BCUT2D eigenvalue weighted by atomic mass is 16.2. The molecular weight excluding hydrogens is 242 g/mol. The molecule has 0 aliphatic carbocycles. The Morgan fingerprint density at radius 1 is 1.21 bits per heavy atom. The quantitative estimate of drug-likeness (QED) is 0.799. The SMILES string of the molecule is CN(CCNC(=O)C(C)(C)C)CC(=O)N1CCCC1. The first-order valence-electron chi connectivity index (χ1n) is 7.05. The first-order chi connectivity index (χ1) is 8.80. The molecule has 19 heavy (non-hydrogen) atoms. The summed E-state index contributed by atoms with van der Waals surface area (Å²) in [6.07, 6.45) is 2.24. The van der Waals surface area contributed by atoms with Crippen LogP contribution in [0.3, 0.4) is 0 Å². The van der Waals surface area contributed by atoms with E-state index in [9.17, 15) is 9.59 Å². The van der Waals surface area contributed by atoms with Gasteiger partial charge in [-0.05, 0) is 19.9 Å². The first kappa shape index (κ1) is 16.0. The van der Waals surface area contributed by atoms with Gasteiger partial charge in [0.05, 0.1) is 6.54 Å². The third kappa shape index (κ3) is 5.59. The summed E-state index contributed by atoms with van der Waals surface area (Å²) >= 11 is 0. The van der Waals surface area contributed by atoms with Gasteiger partial charge in [0.15, 0.2) is 0 Å². The van der Waals surface area contributed by atoms with Gasteiger partial charge in [0.2, 0.25) is 11.8 Å². The van der Waals surface area contributed by atoms with Gasteiger partial charge in [-0.3, -0.25) is 14.5 Å². The van der Waals surface area contributed by atoms with Crippen molar-refractivity contribution in [2.45, 2.75) is 33.6 Å².